The number of guanidine groups is 1. The molecule has 2 unspecified atom stereocenters. The summed E-state index contributed by atoms with van der Waals surface area (Å²) in [6.45, 7) is 8.76. The number of hydrogen-bond acceptors (Lipinski definition) is 5. The number of likely N-dealkylation sites (tertiary alicyclic amines) is 1. The highest BCUT2D eigenvalue weighted by Gasteiger charge is 2.24. The molecule has 158 valence electrons. The lowest BCUT2D eigenvalue weighted by Gasteiger charge is -2.32. The maximum atomic E-state index is 5.73. The Morgan fingerprint density at radius 1 is 1.29 bits per heavy atom. The molecule has 2 fully saturated rings. The third-order valence-corrected chi connectivity index (χ3v) is 5.34. The first-order valence-electron chi connectivity index (χ1n) is 10.9. The Kier molecular flexibility index (Phi) is 9.13. The van der Waals surface area contributed by atoms with Crippen molar-refractivity contribution in [2.24, 2.45) is 4.99 Å². The fourth-order valence-corrected chi connectivity index (χ4v) is 3.85. The minimum atomic E-state index is 0.196. The van der Waals surface area contributed by atoms with E-state index >= 15 is 0 Å². The van der Waals surface area contributed by atoms with Crippen molar-refractivity contribution in [3.8, 4) is 0 Å². The third kappa shape index (κ3) is 6.79. The van der Waals surface area contributed by atoms with E-state index in [2.05, 4.69) is 28.5 Å². The minimum Gasteiger partial charge on any atom is -0.468 e. The van der Waals surface area contributed by atoms with Crippen molar-refractivity contribution in [1.29, 1.82) is 0 Å². The first-order chi connectivity index (χ1) is 13.9. The van der Waals surface area contributed by atoms with Crippen LogP contribution < -0.4 is 10.6 Å². The summed E-state index contributed by atoms with van der Waals surface area (Å²) < 4.78 is 17.0. The van der Waals surface area contributed by atoms with E-state index in [4.69, 9.17) is 18.9 Å². The van der Waals surface area contributed by atoms with Gasteiger partial charge in [0.2, 0.25) is 0 Å². The van der Waals surface area contributed by atoms with Crippen LogP contribution >= 0.6 is 0 Å². The largest absolute Gasteiger partial charge is 0.468 e. The SMILES string of the molecule is CCNC(=NCC(c1ccco1)N1CCCCC1)NCCOCC1CCCO1. The molecule has 0 saturated carbocycles. The molecule has 0 radical (unpaired) electrons. The van der Waals surface area contributed by atoms with Gasteiger partial charge in [0.05, 0.1) is 38.2 Å². The Hall–Kier alpha value is -1.57. The Balaban J connectivity index is 1.47. The molecule has 2 saturated heterocycles. The summed E-state index contributed by atoms with van der Waals surface area (Å²) in [6, 6.07) is 4.22. The second-order valence-electron chi connectivity index (χ2n) is 7.48. The van der Waals surface area contributed by atoms with Gasteiger partial charge in [-0.2, -0.15) is 0 Å². The van der Waals surface area contributed by atoms with Crippen molar-refractivity contribution >= 4 is 5.96 Å². The summed E-state index contributed by atoms with van der Waals surface area (Å²) >= 11 is 0. The summed E-state index contributed by atoms with van der Waals surface area (Å²) in [5.74, 6) is 1.83. The highest BCUT2D eigenvalue weighted by molar-refractivity contribution is 5.79. The van der Waals surface area contributed by atoms with Gasteiger partial charge in [0.15, 0.2) is 5.96 Å². The van der Waals surface area contributed by atoms with Crippen molar-refractivity contribution in [3.63, 3.8) is 0 Å². The molecule has 28 heavy (non-hydrogen) atoms. The smallest absolute Gasteiger partial charge is 0.191 e. The van der Waals surface area contributed by atoms with E-state index in [0.717, 1.165) is 57.3 Å². The van der Waals surface area contributed by atoms with Crippen molar-refractivity contribution in [3.05, 3.63) is 24.2 Å². The van der Waals surface area contributed by atoms with Crippen molar-refractivity contribution in [2.75, 3.05) is 52.5 Å². The van der Waals surface area contributed by atoms with E-state index in [1.807, 2.05) is 6.07 Å². The summed E-state index contributed by atoms with van der Waals surface area (Å²) in [7, 11) is 0. The Morgan fingerprint density at radius 3 is 2.89 bits per heavy atom. The molecular formula is C21H36N4O3. The van der Waals surface area contributed by atoms with Crippen LogP contribution in [-0.4, -0.2) is 69.5 Å². The Bertz CT molecular complexity index is 552. The highest BCUT2D eigenvalue weighted by atomic mass is 16.5. The van der Waals surface area contributed by atoms with Crippen LogP contribution in [0.25, 0.3) is 0 Å². The summed E-state index contributed by atoms with van der Waals surface area (Å²) in [6.07, 6.45) is 8.12. The molecule has 0 bridgehead atoms. The zero-order chi connectivity index (χ0) is 19.4. The van der Waals surface area contributed by atoms with Crippen LogP contribution in [-0.2, 0) is 9.47 Å². The molecule has 0 aliphatic carbocycles. The molecule has 0 spiro atoms. The van der Waals surface area contributed by atoms with Gasteiger partial charge in [-0.25, -0.2) is 0 Å². The predicted molar refractivity (Wildman–Crippen MR) is 111 cm³/mol. The van der Waals surface area contributed by atoms with Crippen LogP contribution in [0.3, 0.4) is 0 Å². The molecular weight excluding hydrogens is 356 g/mol. The summed E-state index contributed by atoms with van der Waals surface area (Å²) in [5.41, 5.74) is 0. The zero-order valence-electron chi connectivity index (χ0n) is 17.2. The van der Waals surface area contributed by atoms with E-state index in [1.165, 1.54) is 19.3 Å². The van der Waals surface area contributed by atoms with E-state index < -0.39 is 0 Å². The number of nitrogens with one attached hydrogen (secondary N) is 2. The molecule has 2 aliphatic heterocycles. The van der Waals surface area contributed by atoms with Gasteiger partial charge in [-0.3, -0.25) is 9.89 Å². The average molecular weight is 393 g/mol. The van der Waals surface area contributed by atoms with Gasteiger partial charge in [0.25, 0.3) is 0 Å². The monoisotopic (exact) mass is 392 g/mol. The van der Waals surface area contributed by atoms with Gasteiger partial charge in [0.1, 0.15) is 5.76 Å². The quantitative estimate of drug-likeness (QED) is 0.362. The molecule has 3 heterocycles. The van der Waals surface area contributed by atoms with E-state index in [-0.39, 0.29) is 12.1 Å². The van der Waals surface area contributed by atoms with E-state index in [9.17, 15) is 0 Å². The maximum Gasteiger partial charge on any atom is 0.191 e. The Labute approximate surface area is 168 Å². The molecule has 3 rings (SSSR count). The fraction of sp³-hybridized carbons (Fsp3) is 0.762. The molecule has 2 aliphatic rings. The van der Waals surface area contributed by atoms with Gasteiger partial charge < -0.3 is 24.5 Å². The Morgan fingerprint density at radius 2 is 2.18 bits per heavy atom. The molecule has 7 nitrogen and oxygen atoms in total. The molecule has 0 amide bonds. The molecule has 7 heteroatoms. The van der Waals surface area contributed by atoms with Crippen molar-refractivity contribution < 1.29 is 13.9 Å². The first-order valence-corrected chi connectivity index (χ1v) is 10.9. The van der Waals surface area contributed by atoms with Crippen LogP contribution in [0.2, 0.25) is 0 Å². The van der Waals surface area contributed by atoms with Crippen LogP contribution in [0.4, 0.5) is 0 Å². The average Bonchev–Trinajstić information content (AvgIpc) is 3.43. The maximum absolute atomic E-state index is 5.73. The topological polar surface area (TPSA) is 71.3 Å². The van der Waals surface area contributed by atoms with Crippen LogP contribution in [0.1, 0.15) is 50.8 Å². The van der Waals surface area contributed by atoms with E-state index in [0.29, 0.717) is 19.8 Å². The number of ether oxygens (including phenoxy) is 2. The van der Waals surface area contributed by atoms with Crippen molar-refractivity contribution in [2.45, 2.75) is 51.2 Å². The summed E-state index contributed by atoms with van der Waals surface area (Å²) in [5, 5.41) is 6.70. The lowest BCUT2D eigenvalue weighted by Crippen LogP contribution is -2.40. The van der Waals surface area contributed by atoms with Crippen LogP contribution in [0.5, 0.6) is 0 Å². The highest BCUT2D eigenvalue weighted by Crippen LogP contribution is 2.25. The first kappa shape index (κ1) is 21.1. The lowest BCUT2D eigenvalue weighted by atomic mass is 10.1. The number of hydrogen-bond donors (Lipinski definition) is 2. The molecule has 1 aromatic rings. The zero-order valence-corrected chi connectivity index (χ0v) is 17.2. The molecule has 2 atom stereocenters. The minimum absolute atomic E-state index is 0.196. The van der Waals surface area contributed by atoms with Gasteiger partial charge in [-0.05, 0) is 57.8 Å². The number of rotatable bonds is 10. The van der Waals surface area contributed by atoms with Crippen LogP contribution in [0.15, 0.2) is 27.8 Å². The van der Waals surface area contributed by atoms with Gasteiger partial charge >= 0.3 is 0 Å². The number of nitrogens with zero attached hydrogens (tertiary/aromatic N) is 2. The third-order valence-electron chi connectivity index (χ3n) is 5.34. The predicted octanol–water partition coefficient (Wildman–Crippen LogP) is 2.56. The van der Waals surface area contributed by atoms with Gasteiger partial charge in [-0.15, -0.1) is 0 Å². The van der Waals surface area contributed by atoms with Gasteiger partial charge in [-0.1, -0.05) is 6.42 Å². The van der Waals surface area contributed by atoms with Gasteiger partial charge in [0, 0.05) is 19.7 Å². The molecule has 0 aromatic carbocycles. The second kappa shape index (κ2) is 12.1. The summed E-state index contributed by atoms with van der Waals surface area (Å²) in [4.78, 5) is 7.33. The normalized spacial score (nSPS) is 22.3. The number of aliphatic imine (C=N–C) groups is 1. The second-order valence-corrected chi connectivity index (χ2v) is 7.48. The van der Waals surface area contributed by atoms with Crippen LogP contribution in [0, 0.1) is 0 Å². The number of piperidine rings is 1. The van der Waals surface area contributed by atoms with E-state index in [1.54, 1.807) is 6.26 Å². The fourth-order valence-electron chi connectivity index (χ4n) is 3.85. The standard InChI is InChI=1S/C21H36N4O3/c1-2-22-21(23-10-15-26-17-18-8-6-13-27-18)24-16-19(20-9-7-14-28-20)25-11-4-3-5-12-25/h7,9,14,18-19H,2-6,8,10-13,15-17H2,1H3,(H2,22,23,24). The number of furan rings is 1. The molecule has 2 N–H and O–H groups in total. The lowest BCUT2D eigenvalue weighted by molar-refractivity contribution is 0.0191. The molecule has 1 aromatic heterocycles. The van der Waals surface area contributed by atoms with Crippen molar-refractivity contribution in [1.82, 2.24) is 15.5 Å².